The van der Waals surface area contributed by atoms with E-state index in [-0.39, 0.29) is 5.91 Å². The average Bonchev–Trinajstić information content (AvgIpc) is 2.90. The number of piperazine rings is 1. The van der Waals surface area contributed by atoms with Crippen LogP contribution >= 0.6 is 11.3 Å². The first-order valence-corrected chi connectivity index (χ1v) is 7.84. The van der Waals surface area contributed by atoms with Crippen molar-refractivity contribution < 1.29 is 4.79 Å². The summed E-state index contributed by atoms with van der Waals surface area (Å²) in [6.45, 7) is 10.8. The number of carbonyl (C=O) groups excluding carboxylic acids is 1. The number of rotatable bonds is 3. The summed E-state index contributed by atoms with van der Waals surface area (Å²) in [5, 5.41) is 3.02. The number of aromatic nitrogens is 1. The van der Waals surface area contributed by atoms with Gasteiger partial charge in [-0.25, -0.2) is 4.98 Å². The molecule has 2 N–H and O–H groups in total. The zero-order valence-corrected chi connectivity index (χ0v) is 13.5. The molecule has 5 nitrogen and oxygen atoms in total. The maximum atomic E-state index is 12.7. The highest BCUT2D eigenvalue weighted by atomic mass is 32.1. The lowest BCUT2D eigenvalue weighted by Crippen LogP contribution is -2.59. The van der Waals surface area contributed by atoms with Crippen LogP contribution in [0.15, 0.2) is 11.6 Å². The van der Waals surface area contributed by atoms with Crippen LogP contribution in [0.25, 0.3) is 0 Å². The summed E-state index contributed by atoms with van der Waals surface area (Å²) in [5.74, 6) is 0.142. The van der Waals surface area contributed by atoms with Gasteiger partial charge in [0.2, 0.25) is 5.91 Å². The Hall–Kier alpha value is -1.14. The summed E-state index contributed by atoms with van der Waals surface area (Å²) in [6.07, 6.45) is 1.82. The van der Waals surface area contributed by atoms with Gasteiger partial charge >= 0.3 is 0 Å². The van der Waals surface area contributed by atoms with Crippen molar-refractivity contribution in [1.29, 1.82) is 0 Å². The summed E-state index contributed by atoms with van der Waals surface area (Å²) in [4.78, 5) is 21.2. The van der Waals surface area contributed by atoms with E-state index in [1.807, 2.05) is 44.2 Å². The number of hydrogen-bond acceptors (Lipinski definition) is 5. The molecule has 112 valence electrons. The quantitative estimate of drug-likeness (QED) is 0.919. The van der Waals surface area contributed by atoms with E-state index in [9.17, 15) is 4.79 Å². The van der Waals surface area contributed by atoms with Crippen LogP contribution in [0.4, 0.5) is 5.13 Å². The first-order valence-electron chi connectivity index (χ1n) is 6.96. The summed E-state index contributed by atoms with van der Waals surface area (Å²) >= 11 is 1.64. The third kappa shape index (κ3) is 2.81. The number of hydrogen-bond donors (Lipinski definition) is 1. The summed E-state index contributed by atoms with van der Waals surface area (Å²) in [7, 11) is 0. The van der Waals surface area contributed by atoms with Crippen molar-refractivity contribution >= 4 is 22.4 Å². The van der Waals surface area contributed by atoms with E-state index < -0.39 is 11.0 Å². The minimum absolute atomic E-state index is 0.142. The van der Waals surface area contributed by atoms with Crippen molar-refractivity contribution in [3.8, 4) is 0 Å². The molecule has 0 bridgehead atoms. The fourth-order valence-electron chi connectivity index (χ4n) is 2.14. The van der Waals surface area contributed by atoms with Gasteiger partial charge in [0.15, 0.2) is 5.13 Å². The summed E-state index contributed by atoms with van der Waals surface area (Å²) in [5.41, 5.74) is 5.07. The van der Waals surface area contributed by atoms with Gasteiger partial charge in [-0.15, -0.1) is 11.3 Å². The Balaban J connectivity index is 1.99. The van der Waals surface area contributed by atoms with Crippen LogP contribution in [-0.2, 0) is 4.79 Å². The van der Waals surface area contributed by atoms with Crippen LogP contribution in [0.3, 0.4) is 0 Å². The molecular weight excluding hydrogens is 272 g/mol. The Kier molecular flexibility index (Phi) is 4.07. The van der Waals surface area contributed by atoms with Gasteiger partial charge < -0.3 is 15.5 Å². The molecule has 0 aliphatic carbocycles. The van der Waals surface area contributed by atoms with E-state index in [4.69, 9.17) is 5.73 Å². The molecule has 1 fully saturated rings. The van der Waals surface area contributed by atoms with Crippen LogP contribution in [0.5, 0.6) is 0 Å². The van der Waals surface area contributed by atoms with Crippen LogP contribution in [0, 0.1) is 5.41 Å². The Morgan fingerprint density at radius 1 is 1.25 bits per heavy atom. The fourth-order valence-corrected chi connectivity index (χ4v) is 2.84. The number of thiazole rings is 1. The van der Waals surface area contributed by atoms with Crippen molar-refractivity contribution in [2.24, 2.45) is 11.1 Å². The molecule has 0 radical (unpaired) electrons. The molecule has 1 aromatic heterocycles. The zero-order chi connectivity index (χ0) is 15.0. The molecule has 0 aromatic carbocycles. The molecular formula is C14H24N4OS. The van der Waals surface area contributed by atoms with Gasteiger partial charge in [-0.05, 0) is 27.7 Å². The second-order valence-electron chi connectivity index (χ2n) is 6.44. The topological polar surface area (TPSA) is 62.5 Å². The van der Waals surface area contributed by atoms with Crippen molar-refractivity contribution in [3.63, 3.8) is 0 Å². The number of amides is 1. The Morgan fingerprint density at radius 3 is 2.30 bits per heavy atom. The normalized spacial score (nSPS) is 17.4. The molecule has 6 heteroatoms. The highest BCUT2D eigenvalue weighted by Crippen LogP contribution is 2.31. The monoisotopic (exact) mass is 296 g/mol. The van der Waals surface area contributed by atoms with Gasteiger partial charge in [0, 0.05) is 43.3 Å². The third-order valence-electron chi connectivity index (χ3n) is 4.40. The molecule has 0 saturated carbocycles. The second-order valence-corrected chi connectivity index (χ2v) is 7.31. The average molecular weight is 296 g/mol. The minimum Gasteiger partial charge on any atom is -0.345 e. The lowest BCUT2D eigenvalue weighted by atomic mass is 9.74. The SMILES string of the molecule is CC(C)(N)C(C)(C)C(=O)N1CCN(c2nccs2)CC1. The fraction of sp³-hybridized carbons (Fsp3) is 0.714. The third-order valence-corrected chi connectivity index (χ3v) is 5.23. The van der Waals surface area contributed by atoms with Crippen molar-refractivity contribution in [2.45, 2.75) is 33.2 Å². The Morgan fingerprint density at radius 2 is 1.85 bits per heavy atom. The van der Waals surface area contributed by atoms with E-state index in [1.54, 1.807) is 11.3 Å². The van der Waals surface area contributed by atoms with Crippen molar-refractivity contribution in [3.05, 3.63) is 11.6 Å². The predicted molar refractivity (Wildman–Crippen MR) is 83.0 cm³/mol. The number of nitrogens with zero attached hydrogens (tertiary/aromatic N) is 3. The highest BCUT2D eigenvalue weighted by molar-refractivity contribution is 7.13. The lowest BCUT2D eigenvalue weighted by molar-refractivity contribution is -0.143. The number of carbonyl (C=O) groups is 1. The number of nitrogens with two attached hydrogens (primary N) is 1. The summed E-state index contributed by atoms with van der Waals surface area (Å²) in [6, 6.07) is 0. The van der Waals surface area contributed by atoms with Crippen LogP contribution in [-0.4, -0.2) is 47.5 Å². The van der Waals surface area contributed by atoms with Gasteiger partial charge in [-0.1, -0.05) is 0 Å². The van der Waals surface area contributed by atoms with Gasteiger partial charge in [0.1, 0.15) is 0 Å². The molecule has 0 spiro atoms. The van der Waals surface area contributed by atoms with Gasteiger partial charge in [-0.2, -0.15) is 0 Å². The minimum atomic E-state index is -0.559. The Labute approximate surface area is 124 Å². The molecule has 20 heavy (non-hydrogen) atoms. The summed E-state index contributed by atoms with van der Waals surface area (Å²) < 4.78 is 0. The van der Waals surface area contributed by atoms with Crippen LogP contribution < -0.4 is 10.6 Å². The highest BCUT2D eigenvalue weighted by Gasteiger charge is 2.43. The second kappa shape index (κ2) is 5.33. The smallest absolute Gasteiger partial charge is 0.230 e. The lowest BCUT2D eigenvalue weighted by Gasteiger charge is -2.43. The Bertz CT molecular complexity index is 456. The largest absolute Gasteiger partial charge is 0.345 e. The van der Waals surface area contributed by atoms with Crippen LogP contribution in [0.1, 0.15) is 27.7 Å². The molecule has 1 amide bonds. The van der Waals surface area contributed by atoms with E-state index in [0.29, 0.717) is 0 Å². The maximum Gasteiger partial charge on any atom is 0.230 e. The maximum absolute atomic E-state index is 12.7. The van der Waals surface area contributed by atoms with Crippen LogP contribution in [0.2, 0.25) is 0 Å². The number of anilines is 1. The standard InChI is InChI=1S/C14H24N4OS/c1-13(2,14(3,4)15)11(19)17-6-8-18(9-7-17)12-16-5-10-20-12/h5,10H,6-9,15H2,1-4H3. The van der Waals surface area contributed by atoms with Gasteiger partial charge in [0.25, 0.3) is 0 Å². The molecule has 1 aromatic rings. The molecule has 1 saturated heterocycles. The molecule has 2 rings (SSSR count). The van der Waals surface area contributed by atoms with E-state index in [2.05, 4.69) is 9.88 Å². The van der Waals surface area contributed by atoms with Crippen molar-refractivity contribution in [1.82, 2.24) is 9.88 Å². The van der Waals surface area contributed by atoms with Gasteiger partial charge in [0.05, 0.1) is 5.41 Å². The molecule has 2 heterocycles. The van der Waals surface area contributed by atoms with E-state index >= 15 is 0 Å². The predicted octanol–water partition coefficient (Wildman–Crippen LogP) is 1.56. The molecule has 0 atom stereocenters. The van der Waals surface area contributed by atoms with Gasteiger partial charge in [-0.3, -0.25) is 4.79 Å². The van der Waals surface area contributed by atoms with E-state index in [1.165, 1.54) is 0 Å². The molecule has 0 unspecified atom stereocenters. The van der Waals surface area contributed by atoms with Crippen molar-refractivity contribution in [2.75, 3.05) is 31.1 Å². The molecule has 1 aliphatic heterocycles. The zero-order valence-electron chi connectivity index (χ0n) is 12.7. The first-order chi connectivity index (χ1) is 9.23. The van der Waals surface area contributed by atoms with E-state index in [0.717, 1.165) is 31.3 Å². The first kappa shape index (κ1) is 15.3. The molecule has 1 aliphatic rings.